The highest BCUT2D eigenvalue weighted by atomic mass is 16.3. The summed E-state index contributed by atoms with van der Waals surface area (Å²) in [6.45, 7) is 3.32. The SMILES string of the molecule is CC(C)C(NC(=O)CNC(=O)C(N)CCCCN)C(=O)NCC(=O)Nc1ccc(CO)cc1. The Morgan fingerprint density at radius 3 is 2.12 bits per heavy atom. The van der Waals surface area contributed by atoms with Gasteiger partial charge < -0.3 is 37.8 Å². The van der Waals surface area contributed by atoms with Crippen LogP contribution in [0.25, 0.3) is 0 Å². The molecular weight excluding hydrogens is 428 g/mol. The molecule has 184 valence electrons. The lowest BCUT2D eigenvalue weighted by molar-refractivity contribution is -0.131. The fourth-order valence-electron chi connectivity index (χ4n) is 2.87. The molecule has 11 nitrogen and oxygen atoms in total. The second-order valence-electron chi connectivity index (χ2n) is 8.02. The number of unbranched alkanes of at least 4 members (excludes halogenated alkanes) is 1. The molecule has 33 heavy (non-hydrogen) atoms. The van der Waals surface area contributed by atoms with E-state index in [0.29, 0.717) is 30.6 Å². The first-order valence-corrected chi connectivity index (χ1v) is 11.0. The molecular formula is C22H36N6O5. The molecule has 0 fully saturated rings. The smallest absolute Gasteiger partial charge is 0.243 e. The highest BCUT2D eigenvalue weighted by molar-refractivity contribution is 5.96. The first kappa shape index (κ1) is 28.0. The number of aliphatic hydroxyl groups is 1. The van der Waals surface area contributed by atoms with Crippen molar-refractivity contribution in [2.45, 2.75) is 51.8 Å². The minimum atomic E-state index is -0.885. The van der Waals surface area contributed by atoms with E-state index in [4.69, 9.17) is 16.6 Å². The minimum absolute atomic E-state index is 0.0993. The Balaban J connectivity index is 2.46. The van der Waals surface area contributed by atoms with Crippen LogP contribution in [-0.4, -0.2) is 60.5 Å². The van der Waals surface area contributed by atoms with E-state index in [1.807, 2.05) is 0 Å². The highest BCUT2D eigenvalue weighted by Crippen LogP contribution is 2.09. The lowest BCUT2D eigenvalue weighted by Gasteiger charge is -2.22. The Bertz CT molecular complexity index is 784. The molecule has 0 heterocycles. The number of amides is 4. The van der Waals surface area contributed by atoms with Crippen molar-refractivity contribution in [2.24, 2.45) is 17.4 Å². The van der Waals surface area contributed by atoms with Gasteiger partial charge in [0.15, 0.2) is 0 Å². The van der Waals surface area contributed by atoms with Crippen LogP contribution in [0, 0.1) is 5.92 Å². The molecule has 2 atom stereocenters. The number of rotatable bonds is 14. The molecule has 0 saturated carbocycles. The molecule has 1 rings (SSSR count). The Labute approximate surface area is 194 Å². The lowest BCUT2D eigenvalue weighted by Crippen LogP contribution is -2.53. The van der Waals surface area contributed by atoms with Crippen molar-refractivity contribution < 1.29 is 24.3 Å². The summed E-state index contributed by atoms with van der Waals surface area (Å²) in [6.07, 6.45) is 1.95. The number of carbonyl (C=O) groups is 4. The van der Waals surface area contributed by atoms with E-state index in [0.717, 1.165) is 6.42 Å². The minimum Gasteiger partial charge on any atom is -0.392 e. The van der Waals surface area contributed by atoms with Gasteiger partial charge in [0.2, 0.25) is 23.6 Å². The molecule has 0 aliphatic carbocycles. The summed E-state index contributed by atoms with van der Waals surface area (Å²) in [4.78, 5) is 48.8. The van der Waals surface area contributed by atoms with Gasteiger partial charge in [-0.2, -0.15) is 0 Å². The van der Waals surface area contributed by atoms with Crippen molar-refractivity contribution >= 4 is 29.3 Å². The third-order valence-corrected chi connectivity index (χ3v) is 4.84. The maximum atomic E-state index is 12.5. The normalized spacial score (nSPS) is 12.5. The van der Waals surface area contributed by atoms with Gasteiger partial charge in [-0.25, -0.2) is 0 Å². The molecule has 1 aromatic carbocycles. The molecule has 0 spiro atoms. The van der Waals surface area contributed by atoms with Gasteiger partial charge in [-0.1, -0.05) is 32.4 Å². The summed E-state index contributed by atoms with van der Waals surface area (Å²) >= 11 is 0. The molecule has 0 aromatic heterocycles. The summed E-state index contributed by atoms with van der Waals surface area (Å²) < 4.78 is 0. The summed E-state index contributed by atoms with van der Waals surface area (Å²) in [5, 5.41) is 19.2. The van der Waals surface area contributed by atoms with E-state index in [-0.39, 0.29) is 25.6 Å². The fourth-order valence-corrected chi connectivity index (χ4v) is 2.87. The third-order valence-electron chi connectivity index (χ3n) is 4.84. The summed E-state index contributed by atoms with van der Waals surface area (Å²) in [5.41, 5.74) is 12.4. The summed E-state index contributed by atoms with van der Waals surface area (Å²) in [6, 6.07) is 5.01. The Hall–Kier alpha value is -3.02. The number of anilines is 1. The van der Waals surface area contributed by atoms with E-state index in [9.17, 15) is 19.2 Å². The zero-order chi connectivity index (χ0) is 24.8. The van der Waals surface area contributed by atoms with Crippen LogP contribution in [0.4, 0.5) is 5.69 Å². The molecule has 0 aliphatic rings. The number of nitrogens with one attached hydrogen (secondary N) is 4. The van der Waals surface area contributed by atoms with Crippen LogP contribution in [0.1, 0.15) is 38.7 Å². The van der Waals surface area contributed by atoms with E-state index >= 15 is 0 Å². The average Bonchev–Trinajstić information content (AvgIpc) is 2.79. The maximum Gasteiger partial charge on any atom is 0.243 e. The van der Waals surface area contributed by atoms with E-state index in [2.05, 4.69) is 21.3 Å². The second kappa shape index (κ2) is 14.9. The van der Waals surface area contributed by atoms with Crippen LogP contribution < -0.4 is 32.7 Å². The van der Waals surface area contributed by atoms with E-state index in [1.54, 1.807) is 38.1 Å². The van der Waals surface area contributed by atoms with Gasteiger partial charge in [0.1, 0.15) is 6.04 Å². The van der Waals surface area contributed by atoms with Gasteiger partial charge in [-0.3, -0.25) is 19.2 Å². The number of benzene rings is 1. The van der Waals surface area contributed by atoms with Crippen molar-refractivity contribution in [3.8, 4) is 0 Å². The summed E-state index contributed by atoms with van der Waals surface area (Å²) in [5.74, 6) is -2.20. The molecule has 2 unspecified atom stereocenters. The average molecular weight is 465 g/mol. The third kappa shape index (κ3) is 10.9. The Morgan fingerprint density at radius 2 is 1.55 bits per heavy atom. The zero-order valence-corrected chi connectivity index (χ0v) is 19.2. The van der Waals surface area contributed by atoms with Crippen LogP contribution >= 0.6 is 0 Å². The van der Waals surface area contributed by atoms with Crippen LogP contribution in [0.15, 0.2) is 24.3 Å². The van der Waals surface area contributed by atoms with Crippen molar-refractivity contribution in [2.75, 3.05) is 25.0 Å². The zero-order valence-electron chi connectivity index (χ0n) is 19.2. The van der Waals surface area contributed by atoms with Crippen molar-refractivity contribution in [1.29, 1.82) is 0 Å². The molecule has 11 heteroatoms. The quantitative estimate of drug-likeness (QED) is 0.171. The van der Waals surface area contributed by atoms with Gasteiger partial charge in [0.05, 0.1) is 25.7 Å². The van der Waals surface area contributed by atoms with Crippen molar-refractivity contribution in [3.05, 3.63) is 29.8 Å². The number of aliphatic hydroxyl groups excluding tert-OH is 1. The van der Waals surface area contributed by atoms with Crippen LogP contribution in [0.3, 0.4) is 0 Å². The first-order chi connectivity index (χ1) is 15.7. The van der Waals surface area contributed by atoms with Crippen LogP contribution in [0.5, 0.6) is 0 Å². The van der Waals surface area contributed by atoms with Gasteiger partial charge in [0, 0.05) is 5.69 Å². The first-order valence-electron chi connectivity index (χ1n) is 11.0. The molecule has 0 bridgehead atoms. The highest BCUT2D eigenvalue weighted by Gasteiger charge is 2.25. The Kier molecular flexibility index (Phi) is 12.7. The van der Waals surface area contributed by atoms with Gasteiger partial charge in [-0.15, -0.1) is 0 Å². The largest absolute Gasteiger partial charge is 0.392 e. The van der Waals surface area contributed by atoms with Crippen LogP contribution in [-0.2, 0) is 25.8 Å². The van der Waals surface area contributed by atoms with E-state index < -0.39 is 35.7 Å². The van der Waals surface area contributed by atoms with Crippen LogP contribution in [0.2, 0.25) is 0 Å². The van der Waals surface area contributed by atoms with Crippen molar-refractivity contribution in [3.63, 3.8) is 0 Å². The predicted molar refractivity (Wildman–Crippen MR) is 125 cm³/mol. The van der Waals surface area contributed by atoms with Crippen molar-refractivity contribution in [1.82, 2.24) is 16.0 Å². The number of hydrogen-bond donors (Lipinski definition) is 7. The fraction of sp³-hybridized carbons (Fsp3) is 0.545. The summed E-state index contributed by atoms with van der Waals surface area (Å²) in [7, 11) is 0. The number of hydrogen-bond acceptors (Lipinski definition) is 7. The molecule has 9 N–H and O–H groups in total. The van der Waals surface area contributed by atoms with Gasteiger partial charge in [0.25, 0.3) is 0 Å². The molecule has 0 radical (unpaired) electrons. The predicted octanol–water partition coefficient (Wildman–Crippen LogP) is -1.05. The standard InChI is InChI=1S/C22H36N6O5/c1-14(2)20(28-19(31)12-25-21(32)17(24)5-3-4-10-23)22(33)26-11-18(30)27-16-8-6-15(13-29)7-9-16/h6-9,14,17,20,29H,3-5,10-13,23-24H2,1-2H3,(H,25,32)(H,26,33)(H,27,30)(H,28,31). The molecule has 1 aromatic rings. The molecule has 0 saturated heterocycles. The number of carbonyl (C=O) groups excluding carboxylic acids is 4. The van der Waals surface area contributed by atoms with Gasteiger partial charge in [-0.05, 0) is 43.0 Å². The maximum absolute atomic E-state index is 12.5. The van der Waals surface area contributed by atoms with E-state index in [1.165, 1.54) is 0 Å². The monoisotopic (exact) mass is 464 g/mol. The number of nitrogens with two attached hydrogens (primary N) is 2. The second-order valence-corrected chi connectivity index (χ2v) is 8.02. The molecule has 0 aliphatic heterocycles. The van der Waals surface area contributed by atoms with Gasteiger partial charge >= 0.3 is 0 Å². The molecule has 4 amide bonds. The lowest BCUT2D eigenvalue weighted by atomic mass is 10.0. The topological polar surface area (TPSA) is 189 Å². The Morgan fingerprint density at radius 1 is 0.939 bits per heavy atom.